The van der Waals surface area contributed by atoms with E-state index >= 15 is 0 Å². The Bertz CT molecular complexity index is 403. The molecule has 4 heteroatoms. The van der Waals surface area contributed by atoms with Gasteiger partial charge in [-0.2, -0.15) is 0 Å². The number of halogens is 1. The lowest BCUT2D eigenvalue weighted by molar-refractivity contribution is 1.37. The van der Waals surface area contributed by atoms with Crippen LogP contribution >= 0.6 is 11.6 Å². The Balaban J connectivity index is 0.000000160. The van der Waals surface area contributed by atoms with E-state index < -0.39 is 0 Å². The van der Waals surface area contributed by atoms with Gasteiger partial charge in [-0.25, -0.2) is 0 Å². The summed E-state index contributed by atoms with van der Waals surface area (Å²) in [7, 11) is 0. The number of para-hydroxylation sites is 2. The Labute approximate surface area is 99.9 Å². The number of hydrogen-bond acceptors (Lipinski definition) is 3. The van der Waals surface area contributed by atoms with Gasteiger partial charge in [-0.1, -0.05) is 30.4 Å². The van der Waals surface area contributed by atoms with Gasteiger partial charge in [-0.15, -0.1) is 11.6 Å². The molecule has 0 bridgehead atoms. The molecular formula is C12H14ClN3. The summed E-state index contributed by atoms with van der Waals surface area (Å²) in [6.07, 6.45) is 7.12. The Kier molecular flexibility index (Phi) is 4.61. The highest BCUT2D eigenvalue weighted by Gasteiger charge is 2.04. The van der Waals surface area contributed by atoms with Gasteiger partial charge in [0, 0.05) is 0 Å². The van der Waals surface area contributed by atoms with Crippen LogP contribution in [0.3, 0.4) is 0 Å². The summed E-state index contributed by atoms with van der Waals surface area (Å²) >= 11 is 5.60. The number of anilines is 2. The quantitative estimate of drug-likeness (QED) is 0.478. The Morgan fingerprint density at radius 1 is 1.06 bits per heavy atom. The second-order valence-corrected chi connectivity index (χ2v) is 3.70. The number of alkyl halides is 1. The van der Waals surface area contributed by atoms with Crippen LogP contribution in [0, 0.1) is 5.41 Å². The second-order valence-electron chi connectivity index (χ2n) is 3.23. The van der Waals surface area contributed by atoms with Crippen molar-refractivity contribution < 1.29 is 0 Å². The van der Waals surface area contributed by atoms with Crippen molar-refractivity contribution in [1.29, 1.82) is 5.41 Å². The molecule has 5 N–H and O–H groups in total. The van der Waals surface area contributed by atoms with E-state index in [2.05, 4.69) is 0 Å². The van der Waals surface area contributed by atoms with Crippen molar-refractivity contribution in [3.8, 4) is 0 Å². The molecule has 0 amide bonds. The predicted octanol–water partition coefficient (Wildman–Crippen LogP) is 2.59. The van der Waals surface area contributed by atoms with E-state index in [4.69, 9.17) is 28.5 Å². The minimum atomic E-state index is -0.208. The van der Waals surface area contributed by atoms with Gasteiger partial charge in [0.15, 0.2) is 0 Å². The Morgan fingerprint density at radius 2 is 1.62 bits per heavy atom. The van der Waals surface area contributed by atoms with E-state index in [0.717, 1.165) is 0 Å². The molecule has 0 aliphatic heterocycles. The fourth-order valence-electron chi connectivity index (χ4n) is 1.03. The lowest BCUT2D eigenvalue weighted by Crippen LogP contribution is -2.08. The highest BCUT2D eigenvalue weighted by atomic mass is 35.5. The molecule has 1 aromatic carbocycles. The van der Waals surface area contributed by atoms with Crippen LogP contribution in [-0.4, -0.2) is 11.1 Å². The molecule has 0 heterocycles. The first-order chi connectivity index (χ1) is 7.61. The van der Waals surface area contributed by atoms with Crippen molar-refractivity contribution in [2.24, 2.45) is 0 Å². The predicted molar refractivity (Wildman–Crippen MR) is 70.9 cm³/mol. The summed E-state index contributed by atoms with van der Waals surface area (Å²) < 4.78 is 0. The highest BCUT2D eigenvalue weighted by Crippen LogP contribution is 2.10. The van der Waals surface area contributed by atoms with Gasteiger partial charge in [0.05, 0.1) is 22.5 Å². The van der Waals surface area contributed by atoms with Gasteiger partial charge in [-0.05, 0) is 18.2 Å². The summed E-state index contributed by atoms with van der Waals surface area (Å²) in [5.74, 6) is 0. The molecule has 1 aromatic rings. The first-order valence-electron chi connectivity index (χ1n) is 4.78. The number of nitrogens with one attached hydrogen (secondary N) is 1. The average molecular weight is 236 g/mol. The molecule has 84 valence electrons. The lowest BCUT2D eigenvalue weighted by Gasteiger charge is -2.02. The lowest BCUT2D eigenvalue weighted by atomic mass is 10.1. The van der Waals surface area contributed by atoms with E-state index in [1.807, 2.05) is 18.2 Å². The van der Waals surface area contributed by atoms with E-state index in [1.54, 1.807) is 30.4 Å². The van der Waals surface area contributed by atoms with Gasteiger partial charge in [-0.3, -0.25) is 0 Å². The maximum Gasteiger partial charge on any atom is 0.0933 e. The normalized spacial score (nSPS) is 17.8. The zero-order valence-electron chi connectivity index (χ0n) is 8.73. The first kappa shape index (κ1) is 12.3. The van der Waals surface area contributed by atoms with Gasteiger partial charge in [0.1, 0.15) is 0 Å². The topological polar surface area (TPSA) is 75.9 Å². The van der Waals surface area contributed by atoms with Crippen LogP contribution in [0.15, 0.2) is 48.6 Å². The standard InChI is InChI=1S/C6H6ClN.C6H8N2/c2*7-5-3-1-2-4-6(5)8/h1-5,8H;1-4H,7-8H2. The molecule has 0 aromatic heterocycles. The second kappa shape index (κ2) is 5.98. The van der Waals surface area contributed by atoms with Crippen molar-refractivity contribution in [3.63, 3.8) is 0 Å². The largest absolute Gasteiger partial charge is 0.397 e. The van der Waals surface area contributed by atoms with Crippen molar-refractivity contribution in [2.45, 2.75) is 5.38 Å². The van der Waals surface area contributed by atoms with E-state index in [0.29, 0.717) is 17.1 Å². The van der Waals surface area contributed by atoms with Crippen molar-refractivity contribution >= 4 is 28.7 Å². The summed E-state index contributed by atoms with van der Waals surface area (Å²) in [6, 6.07) is 7.25. The van der Waals surface area contributed by atoms with Crippen molar-refractivity contribution in [1.82, 2.24) is 0 Å². The molecule has 1 aliphatic rings. The number of nitrogen functional groups attached to an aromatic ring is 2. The molecule has 0 saturated heterocycles. The third kappa shape index (κ3) is 3.79. The van der Waals surface area contributed by atoms with Crippen LogP contribution in [0.4, 0.5) is 11.4 Å². The van der Waals surface area contributed by atoms with E-state index in [-0.39, 0.29) is 5.38 Å². The van der Waals surface area contributed by atoms with Gasteiger partial charge in [0.2, 0.25) is 0 Å². The fourth-order valence-corrected chi connectivity index (χ4v) is 1.18. The number of benzene rings is 1. The maximum atomic E-state index is 7.12. The zero-order chi connectivity index (χ0) is 12.0. The van der Waals surface area contributed by atoms with E-state index in [1.165, 1.54) is 0 Å². The third-order valence-electron chi connectivity index (χ3n) is 1.96. The molecule has 0 fully saturated rings. The molecular weight excluding hydrogens is 222 g/mol. The van der Waals surface area contributed by atoms with E-state index in [9.17, 15) is 0 Å². The van der Waals surface area contributed by atoms with Crippen LogP contribution in [0.2, 0.25) is 0 Å². The monoisotopic (exact) mass is 235 g/mol. The maximum absolute atomic E-state index is 7.12. The minimum absolute atomic E-state index is 0.208. The van der Waals surface area contributed by atoms with Crippen molar-refractivity contribution in [3.05, 3.63) is 48.6 Å². The molecule has 16 heavy (non-hydrogen) atoms. The van der Waals surface area contributed by atoms with Gasteiger partial charge >= 0.3 is 0 Å². The first-order valence-corrected chi connectivity index (χ1v) is 5.22. The number of allylic oxidation sites excluding steroid dienone is 4. The fraction of sp³-hybridized carbons (Fsp3) is 0.0833. The molecule has 3 nitrogen and oxygen atoms in total. The molecule has 1 unspecified atom stereocenters. The van der Waals surface area contributed by atoms with Crippen LogP contribution in [0.1, 0.15) is 0 Å². The number of hydrogen-bond donors (Lipinski definition) is 3. The molecule has 1 atom stereocenters. The van der Waals surface area contributed by atoms with Crippen LogP contribution < -0.4 is 11.5 Å². The zero-order valence-corrected chi connectivity index (χ0v) is 9.48. The summed E-state index contributed by atoms with van der Waals surface area (Å²) in [6.45, 7) is 0. The van der Waals surface area contributed by atoms with Crippen LogP contribution in [-0.2, 0) is 0 Å². The summed E-state index contributed by atoms with van der Waals surface area (Å²) in [4.78, 5) is 0. The van der Waals surface area contributed by atoms with Crippen LogP contribution in [0.25, 0.3) is 0 Å². The van der Waals surface area contributed by atoms with Crippen LogP contribution in [0.5, 0.6) is 0 Å². The number of rotatable bonds is 0. The smallest absolute Gasteiger partial charge is 0.0933 e. The molecule has 0 radical (unpaired) electrons. The average Bonchev–Trinajstić information content (AvgIpc) is 2.28. The molecule has 2 rings (SSSR count). The molecule has 0 spiro atoms. The van der Waals surface area contributed by atoms with Crippen molar-refractivity contribution in [2.75, 3.05) is 11.5 Å². The summed E-state index contributed by atoms with van der Waals surface area (Å²) in [5, 5.41) is 6.92. The summed E-state index contributed by atoms with van der Waals surface area (Å²) in [5.41, 5.74) is 12.5. The highest BCUT2D eigenvalue weighted by molar-refractivity contribution is 6.35. The van der Waals surface area contributed by atoms with Gasteiger partial charge in [0.25, 0.3) is 0 Å². The third-order valence-corrected chi connectivity index (χ3v) is 2.34. The SMILES string of the molecule is N=C1C=CC=CC1Cl.Nc1ccccc1N. The Morgan fingerprint density at radius 3 is 1.94 bits per heavy atom. The molecule has 1 aliphatic carbocycles. The van der Waals surface area contributed by atoms with Gasteiger partial charge < -0.3 is 16.9 Å². The molecule has 0 saturated carbocycles. The number of nitrogens with two attached hydrogens (primary N) is 2. The minimum Gasteiger partial charge on any atom is -0.397 e. The Hall–Kier alpha value is -1.74.